The summed E-state index contributed by atoms with van der Waals surface area (Å²) in [6.07, 6.45) is 7.54. The topological polar surface area (TPSA) is 0 Å². The van der Waals surface area contributed by atoms with E-state index in [1.54, 1.807) is 6.08 Å². The minimum atomic E-state index is 1.75. The van der Waals surface area contributed by atoms with E-state index in [0.717, 1.165) is 0 Å². The minimum Gasteiger partial charge on any atom is -0.102 e. The lowest BCUT2D eigenvalue weighted by atomic mass is 10.4. The van der Waals surface area contributed by atoms with Crippen LogP contribution in [-0.4, -0.2) is 0 Å². The van der Waals surface area contributed by atoms with Gasteiger partial charge in [0.2, 0.25) is 0 Å². The number of rotatable bonds is 2. The van der Waals surface area contributed by atoms with Crippen molar-refractivity contribution in [3.63, 3.8) is 0 Å². The molecule has 6 heavy (non-hydrogen) atoms. The molecule has 0 amide bonds. The Bertz CT molecular complexity index is 51.1. The van der Waals surface area contributed by atoms with Gasteiger partial charge in [-0.15, -0.1) is 6.58 Å². The van der Waals surface area contributed by atoms with Crippen molar-refractivity contribution < 1.29 is 0 Å². The average Bonchev–Trinajstić information content (AvgIpc) is 1.61. The molecule has 33 valence electrons. The van der Waals surface area contributed by atoms with Gasteiger partial charge >= 0.3 is 0 Å². The van der Waals surface area contributed by atoms with E-state index in [4.69, 9.17) is 0 Å². The van der Waals surface area contributed by atoms with Crippen LogP contribution in [0, 0.1) is 6.42 Å². The highest BCUT2D eigenvalue weighted by Gasteiger charge is 1.58. The zero-order valence-corrected chi connectivity index (χ0v) is 4.02. The first-order chi connectivity index (χ1) is 2.91. The summed E-state index contributed by atoms with van der Waals surface area (Å²) < 4.78 is 0. The maximum absolute atomic E-state index is 3.49. The van der Waals surface area contributed by atoms with E-state index in [9.17, 15) is 0 Å². The van der Waals surface area contributed by atoms with Gasteiger partial charge in [0.25, 0.3) is 0 Å². The Morgan fingerprint density at radius 2 is 2.17 bits per heavy atom. The lowest BCUT2D eigenvalue weighted by Crippen LogP contribution is -1.50. The number of hydrogen-bond donors (Lipinski definition) is 0. The molecule has 0 fully saturated rings. The quantitative estimate of drug-likeness (QED) is 0.476. The molecular formula is C6H9. The fraction of sp³-hybridized carbons (Fsp3) is 0.167. The third-order valence-corrected chi connectivity index (χ3v) is 0.440. The molecule has 0 N–H and O–H groups in total. The van der Waals surface area contributed by atoms with Crippen LogP contribution >= 0.6 is 0 Å². The second-order valence-electron chi connectivity index (χ2n) is 0.954. The normalized spacial score (nSPS) is 9.50. The van der Waals surface area contributed by atoms with Gasteiger partial charge in [0.15, 0.2) is 0 Å². The Morgan fingerprint density at radius 1 is 1.50 bits per heavy atom. The molecule has 0 aromatic carbocycles. The zero-order valence-electron chi connectivity index (χ0n) is 4.02. The molecule has 0 aliphatic rings. The Balaban J connectivity index is 2.85. The van der Waals surface area contributed by atoms with Crippen LogP contribution in [0.2, 0.25) is 0 Å². The molecule has 0 spiro atoms. The summed E-state index contributed by atoms with van der Waals surface area (Å²) >= 11 is 0. The molecule has 0 unspecified atom stereocenters. The van der Waals surface area contributed by atoms with Crippen molar-refractivity contribution in [2.45, 2.75) is 6.92 Å². The molecule has 0 aromatic heterocycles. The van der Waals surface area contributed by atoms with Crippen LogP contribution in [0.15, 0.2) is 24.8 Å². The van der Waals surface area contributed by atoms with E-state index in [-0.39, 0.29) is 0 Å². The van der Waals surface area contributed by atoms with E-state index in [1.165, 1.54) is 0 Å². The SMILES string of the molecule is C=C[CH]C=CC. The largest absolute Gasteiger partial charge is 0.102 e. The van der Waals surface area contributed by atoms with Crippen molar-refractivity contribution in [3.8, 4) is 0 Å². The van der Waals surface area contributed by atoms with Gasteiger partial charge in [-0.1, -0.05) is 18.2 Å². The van der Waals surface area contributed by atoms with E-state index < -0.39 is 0 Å². The van der Waals surface area contributed by atoms with Crippen LogP contribution in [0.4, 0.5) is 0 Å². The monoisotopic (exact) mass is 81.1 g/mol. The first kappa shape index (κ1) is 5.48. The standard InChI is InChI=1S/C6H9/c1-3-5-6-4-2/h3-6H,1H2,2H3. The molecule has 0 atom stereocenters. The molecule has 0 heterocycles. The Morgan fingerprint density at radius 3 is 2.33 bits per heavy atom. The maximum atomic E-state index is 3.49. The van der Waals surface area contributed by atoms with E-state index >= 15 is 0 Å². The van der Waals surface area contributed by atoms with E-state index in [2.05, 4.69) is 6.58 Å². The lowest BCUT2D eigenvalue weighted by Gasteiger charge is -1.68. The van der Waals surface area contributed by atoms with Crippen LogP contribution in [0.5, 0.6) is 0 Å². The number of allylic oxidation sites excluding steroid dienone is 3. The highest BCUT2D eigenvalue weighted by atomic mass is 13.6. The summed E-state index contributed by atoms with van der Waals surface area (Å²) in [5.74, 6) is 0. The van der Waals surface area contributed by atoms with Crippen LogP contribution in [0.3, 0.4) is 0 Å². The molecule has 0 saturated heterocycles. The highest BCUT2D eigenvalue weighted by Crippen LogP contribution is 1.76. The Hall–Kier alpha value is -0.520. The smallest absolute Gasteiger partial charge is 0.00412 e. The van der Waals surface area contributed by atoms with Crippen molar-refractivity contribution >= 4 is 0 Å². The average molecular weight is 81.1 g/mol. The Labute approximate surface area is 39.2 Å². The van der Waals surface area contributed by atoms with Gasteiger partial charge in [0.1, 0.15) is 0 Å². The third kappa shape index (κ3) is 3.48. The summed E-state index contributed by atoms with van der Waals surface area (Å²) in [6, 6.07) is 0. The van der Waals surface area contributed by atoms with Crippen molar-refractivity contribution in [2.24, 2.45) is 0 Å². The Kier molecular flexibility index (Phi) is 4.09. The second kappa shape index (κ2) is 4.48. The highest BCUT2D eigenvalue weighted by molar-refractivity contribution is 5.03. The maximum Gasteiger partial charge on any atom is 0.00412 e. The fourth-order valence-corrected chi connectivity index (χ4v) is 0.190. The summed E-state index contributed by atoms with van der Waals surface area (Å²) in [5.41, 5.74) is 0. The van der Waals surface area contributed by atoms with Crippen LogP contribution in [0.1, 0.15) is 6.92 Å². The number of hydrogen-bond acceptors (Lipinski definition) is 0. The summed E-state index contributed by atoms with van der Waals surface area (Å²) in [7, 11) is 0. The molecule has 0 aliphatic carbocycles. The first-order valence-corrected chi connectivity index (χ1v) is 1.99. The molecule has 0 bridgehead atoms. The predicted molar refractivity (Wildman–Crippen MR) is 29.3 cm³/mol. The van der Waals surface area contributed by atoms with Gasteiger partial charge in [-0.3, -0.25) is 0 Å². The van der Waals surface area contributed by atoms with Crippen molar-refractivity contribution in [2.75, 3.05) is 0 Å². The molecule has 0 rings (SSSR count). The van der Waals surface area contributed by atoms with Crippen molar-refractivity contribution in [1.29, 1.82) is 0 Å². The second-order valence-corrected chi connectivity index (χ2v) is 0.954. The summed E-state index contributed by atoms with van der Waals surface area (Å²) in [4.78, 5) is 0. The minimum absolute atomic E-state index is 1.75. The summed E-state index contributed by atoms with van der Waals surface area (Å²) in [5, 5.41) is 0. The zero-order chi connectivity index (χ0) is 4.83. The van der Waals surface area contributed by atoms with E-state index in [0.29, 0.717) is 0 Å². The van der Waals surface area contributed by atoms with Gasteiger partial charge in [0, 0.05) is 6.42 Å². The third-order valence-electron chi connectivity index (χ3n) is 0.440. The van der Waals surface area contributed by atoms with Gasteiger partial charge < -0.3 is 0 Å². The molecule has 0 nitrogen and oxygen atoms in total. The lowest BCUT2D eigenvalue weighted by molar-refractivity contribution is 1.67. The van der Waals surface area contributed by atoms with Crippen LogP contribution in [0.25, 0.3) is 0 Å². The van der Waals surface area contributed by atoms with Gasteiger partial charge in [-0.25, -0.2) is 0 Å². The molecule has 0 aromatic rings. The van der Waals surface area contributed by atoms with Gasteiger partial charge in [-0.05, 0) is 6.92 Å². The van der Waals surface area contributed by atoms with Crippen molar-refractivity contribution in [3.05, 3.63) is 31.2 Å². The summed E-state index contributed by atoms with van der Waals surface area (Å²) in [6.45, 7) is 5.46. The predicted octanol–water partition coefficient (Wildman–Crippen LogP) is 1.95. The first-order valence-electron chi connectivity index (χ1n) is 1.99. The van der Waals surface area contributed by atoms with Gasteiger partial charge in [-0.2, -0.15) is 0 Å². The van der Waals surface area contributed by atoms with Crippen LogP contribution in [-0.2, 0) is 0 Å². The van der Waals surface area contributed by atoms with Crippen molar-refractivity contribution in [1.82, 2.24) is 0 Å². The molecule has 1 radical (unpaired) electrons. The molecule has 0 heteroatoms. The molecular weight excluding hydrogens is 72.1 g/mol. The van der Waals surface area contributed by atoms with Crippen LogP contribution < -0.4 is 0 Å². The van der Waals surface area contributed by atoms with Gasteiger partial charge in [0.05, 0.1) is 0 Å². The molecule has 0 saturated carbocycles. The van der Waals surface area contributed by atoms with E-state index in [1.807, 2.05) is 25.5 Å². The molecule has 0 aliphatic heterocycles. The fourth-order valence-electron chi connectivity index (χ4n) is 0.190.